The SMILES string of the molecule is CC=C1[C@H]2C=C(C)C[C@]1(N=CC=Cc1ccc(F)cc1)c1ccc(=O)[nH]c1C2. The Balaban J connectivity index is 1.76. The first-order valence-electron chi connectivity index (χ1n) is 9.56. The smallest absolute Gasteiger partial charge is 0.248 e. The molecule has 2 atom stereocenters. The van der Waals surface area contributed by atoms with E-state index in [-0.39, 0.29) is 17.3 Å². The highest BCUT2D eigenvalue weighted by Crippen LogP contribution is 2.51. The predicted molar refractivity (Wildman–Crippen MR) is 112 cm³/mol. The number of H-pyrrole nitrogens is 1. The van der Waals surface area contributed by atoms with Crippen LogP contribution in [-0.4, -0.2) is 11.2 Å². The molecule has 0 spiro atoms. The summed E-state index contributed by atoms with van der Waals surface area (Å²) in [5.74, 6) is 0.00766. The molecule has 1 heterocycles. The molecule has 0 saturated carbocycles. The number of hydrogen-bond donors (Lipinski definition) is 1. The molecular formula is C24H23FN2O. The summed E-state index contributed by atoms with van der Waals surface area (Å²) in [6.45, 7) is 4.21. The van der Waals surface area contributed by atoms with Gasteiger partial charge in [0, 0.05) is 35.9 Å². The summed E-state index contributed by atoms with van der Waals surface area (Å²) in [6.07, 6.45) is 11.7. The van der Waals surface area contributed by atoms with E-state index in [4.69, 9.17) is 4.99 Å². The van der Waals surface area contributed by atoms with Crippen molar-refractivity contribution in [3.05, 3.63) is 98.8 Å². The van der Waals surface area contributed by atoms with Crippen molar-refractivity contribution in [2.75, 3.05) is 0 Å². The number of benzene rings is 1. The Morgan fingerprint density at radius 2 is 2.00 bits per heavy atom. The monoisotopic (exact) mass is 374 g/mol. The van der Waals surface area contributed by atoms with Gasteiger partial charge in [-0.25, -0.2) is 4.39 Å². The maximum atomic E-state index is 13.1. The number of pyridine rings is 1. The van der Waals surface area contributed by atoms with E-state index < -0.39 is 5.54 Å². The Hall–Kier alpha value is -3.01. The minimum absolute atomic E-state index is 0.0724. The molecule has 3 nitrogen and oxygen atoms in total. The van der Waals surface area contributed by atoms with E-state index in [2.05, 4.69) is 31.0 Å². The Bertz CT molecular complexity index is 1070. The van der Waals surface area contributed by atoms with Gasteiger partial charge in [0.15, 0.2) is 0 Å². The lowest BCUT2D eigenvalue weighted by atomic mass is 9.63. The molecule has 4 rings (SSSR count). The molecule has 142 valence electrons. The van der Waals surface area contributed by atoms with Gasteiger partial charge in [0.05, 0.1) is 0 Å². The largest absolute Gasteiger partial charge is 0.326 e. The van der Waals surface area contributed by atoms with Crippen LogP contribution in [0.1, 0.15) is 37.1 Å². The molecule has 28 heavy (non-hydrogen) atoms. The standard InChI is InChI=1S/C24H23FN2O/c1-3-20-18-13-16(2)15-24(20,21-10-11-23(28)27-22(21)14-18)26-12-4-5-17-6-8-19(25)9-7-17/h3-13,18H,14-15H2,1-2H3,(H,27,28)/t18-,24+/m0/s1. The van der Waals surface area contributed by atoms with Crippen LogP contribution in [0.15, 0.2) is 75.6 Å². The van der Waals surface area contributed by atoms with Crippen LogP contribution < -0.4 is 5.56 Å². The predicted octanol–water partition coefficient (Wildman–Crippen LogP) is 4.96. The first kappa shape index (κ1) is 18.4. The fourth-order valence-electron chi connectivity index (χ4n) is 4.55. The van der Waals surface area contributed by atoms with Crippen molar-refractivity contribution in [2.24, 2.45) is 10.9 Å². The van der Waals surface area contributed by atoms with E-state index in [1.165, 1.54) is 23.3 Å². The topological polar surface area (TPSA) is 45.2 Å². The first-order valence-corrected chi connectivity index (χ1v) is 9.56. The number of nitrogens with one attached hydrogen (secondary N) is 1. The number of nitrogens with zero attached hydrogens (tertiary/aromatic N) is 1. The molecule has 1 aromatic carbocycles. The van der Waals surface area contributed by atoms with E-state index >= 15 is 0 Å². The number of fused-ring (bicyclic) bond motifs is 4. The minimum atomic E-state index is -0.483. The summed E-state index contributed by atoms with van der Waals surface area (Å²) in [6, 6.07) is 9.88. The molecule has 2 aliphatic rings. The van der Waals surface area contributed by atoms with Crippen molar-refractivity contribution in [1.82, 2.24) is 4.98 Å². The fraction of sp³-hybridized carbons (Fsp3) is 0.250. The lowest BCUT2D eigenvalue weighted by Gasteiger charge is -2.45. The van der Waals surface area contributed by atoms with Crippen LogP contribution in [0.5, 0.6) is 0 Å². The number of rotatable bonds is 3. The summed E-state index contributed by atoms with van der Waals surface area (Å²) in [4.78, 5) is 19.9. The van der Waals surface area contributed by atoms with Crippen LogP contribution in [-0.2, 0) is 12.0 Å². The van der Waals surface area contributed by atoms with Crippen LogP contribution in [0.4, 0.5) is 4.39 Å². The highest BCUT2D eigenvalue weighted by atomic mass is 19.1. The Kier molecular flexibility index (Phi) is 4.71. The fourth-order valence-corrected chi connectivity index (χ4v) is 4.55. The molecule has 4 heteroatoms. The van der Waals surface area contributed by atoms with Crippen LogP contribution in [0, 0.1) is 11.7 Å². The number of halogens is 1. The van der Waals surface area contributed by atoms with Crippen LogP contribution >= 0.6 is 0 Å². The van der Waals surface area contributed by atoms with Gasteiger partial charge in [-0.15, -0.1) is 0 Å². The van der Waals surface area contributed by atoms with E-state index in [9.17, 15) is 9.18 Å². The Morgan fingerprint density at radius 1 is 1.21 bits per heavy atom. The van der Waals surface area contributed by atoms with Crippen molar-refractivity contribution >= 4 is 12.3 Å². The summed E-state index contributed by atoms with van der Waals surface area (Å²) < 4.78 is 13.1. The van der Waals surface area contributed by atoms with E-state index in [0.717, 1.165) is 29.7 Å². The van der Waals surface area contributed by atoms with Crippen LogP contribution in [0.3, 0.4) is 0 Å². The van der Waals surface area contributed by atoms with Crippen molar-refractivity contribution in [3.63, 3.8) is 0 Å². The summed E-state index contributed by atoms with van der Waals surface area (Å²) in [7, 11) is 0. The summed E-state index contributed by atoms with van der Waals surface area (Å²) in [5.41, 5.74) is 5.01. The van der Waals surface area contributed by atoms with Gasteiger partial charge in [-0.1, -0.05) is 35.9 Å². The molecule has 2 aliphatic carbocycles. The van der Waals surface area contributed by atoms with Crippen molar-refractivity contribution < 1.29 is 4.39 Å². The molecule has 0 fully saturated rings. The third kappa shape index (κ3) is 3.19. The van der Waals surface area contributed by atoms with Gasteiger partial charge in [0.1, 0.15) is 11.4 Å². The van der Waals surface area contributed by atoms with Gasteiger partial charge in [0.2, 0.25) is 5.56 Å². The average Bonchev–Trinajstić information content (AvgIpc) is 2.66. The molecule has 0 unspecified atom stereocenters. The number of aromatic nitrogens is 1. The zero-order chi connectivity index (χ0) is 19.7. The molecule has 2 bridgehead atoms. The maximum absolute atomic E-state index is 13.1. The highest BCUT2D eigenvalue weighted by Gasteiger charge is 2.46. The highest BCUT2D eigenvalue weighted by molar-refractivity contribution is 5.79. The third-order valence-electron chi connectivity index (χ3n) is 5.62. The lowest BCUT2D eigenvalue weighted by Crippen LogP contribution is -2.40. The van der Waals surface area contributed by atoms with Crippen molar-refractivity contribution in [2.45, 2.75) is 32.2 Å². The van der Waals surface area contributed by atoms with Crippen LogP contribution in [0.25, 0.3) is 6.08 Å². The molecule has 0 saturated heterocycles. The van der Waals surface area contributed by atoms with Gasteiger partial charge in [-0.2, -0.15) is 0 Å². The van der Waals surface area contributed by atoms with Crippen LogP contribution in [0.2, 0.25) is 0 Å². The molecule has 0 aliphatic heterocycles. The van der Waals surface area contributed by atoms with Crippen molar-refractivity contribution in [3.8, 4) is 0 Å². The molecule has 1 aromatic heterocycles. The van der Waals surface area contributed by atoms with Gasteiger partial charge >= 0.3 is 0 Å². The second-order valence-electron chi connectivity index (χ2n) is 7.51. The number of hydrogen-bond acceptors (Lipinski definition) is 2. The lowest BCUT2D eigenvalue weighted by molar-refractivity contribution is 0.413. The van der Waals surface area contributed by atoms with Crippen molar-refractivity contribution in [1.29, 1.82) is 0 Å². The number of aromatic amines is 1. The second-order valence-corrected chi connectivity index (χ2v) is 7.51. The van der Waals surface area contributed by atoms with E-state index in [1.807, 2.05) is 24.4 Å². The van der Waals surface area contributed by atoms with E-state index in [0.29, 0.717) is 0 Å². The average molecular weight is 374 g/mol. The quantitative estimate of drug-likeness (QED) is 0.599. The zero-order valence-electron chi connectivity index (χ0n) is 16.1. The second kappa shape index (κ2) is 7.19. The minimum Gasteiger partial charge on any atom is -0.326 e. The zero-order valence-corrected chi connectivity index (χ0v) is 16.1. The normalized spacial score (nSPS) is 25.3. The molecule has 0 radical (unpaired) electrons. The molecule has 2 aromatic rings. The Morgan fingerprint density at radius 3 is 2.75 bits per heavy atom. The van der Waals surface area contributed by atoms with Gasteiger partial charge in [-0.3, -0.25) is 9.79 Å². The molecule has 1 N–H and O–H groups in total. The maximum Gasteiger partial charge on any atom is 0.248 e. The summed E-state index contributed by atoms with van der Waals surface area (Å²) >= 11 is 0. The Labute approximate surface area is 164 Å². The van der Waals surface area contributed by atoms with Gasteiger partial charge in [-0.05, 0) is 55.7 Å². The van der Waals surface area contributed by atoms with Gasteiger partial charge < -0.3 is 4.98 Å². The number of aliphatic imine (C=N–C) groups is 1. The molecular weight excluding hydrogens is 351 g/mol. The summed E-state index contributed by atoms with van der Waals surface area (Å²) in [5, 5.41) is 0. The molecule has 0 amide bonds. The number of allylic oxidation sites excluding steroid dienone is 3. The third-order valence-corrected chi connectivity index (χ3v) is 5.62. The first-order chi connectivity index (χ1) is 13.5. The van der Waals surface area contributed by atoms with E-state index in [1.54, 1.807) is 18.2 Å². The van der Waals surface area contributed by atoms with Gasteiger partial charge in [0.25, 0.3) is 0 Å².